The number of halogens is 1. The number of hydrogen-bond acceptors (Lipinski definition) is 2. The van der Waals surface area contributed by atoms with Gasteiger partial charge in [0.05, 0.1) is 11.6 Å². The van der Waals surface area contributed by atoms with Crippen LogP contribution in [-0.4, -0.2) is 22.4 Å². The molecule has 1 saturated heterocycles. The summed E-state index contributed by atoms with van der Waals surface area (Å²) in [6, 6.07) is 0.602. The summed E-state index contributed by atoms with van der Waals surface area (Å²) in [6.07, 6.45) is 3.88. The third-order valence-electron chi connectivity index (χ3n) is 3.52. The predicted molar refractivity (Wildman–Crippen MR) is 68.2 cm³/mol. The van der Waals surface area contributed by atoms with Crippen molar-refractivity contribution in [3.8, 4) is 0 Å². The van der Waals surface area contributed by atoms with Crippen LogP contribution in [0.1, 0.15) is 37.4 Å². The highest BCUT2D eigenvalue weighted by molar-refractivity contribution is 6.17. The molecule has 1 aliphatic heterocycles. The molecule has 1 aliphatic rings. The van der Waals surface area contributed by atoms with E-state index in [1.54, 1.807) is 0 Å². The van der Waals surface area contributed by atoms with Crippen LogP contribution in [0.2, 0.25) is 0 Å². The molecule has 4 heteroatoms. The summed E-state index contributed by atoms with van der Waals surface area (Å²) in [6.45, 7) is 5.46. The van der Waals surface area contributed by atoms with E-state index in [9.17, 15) is 0 Å². The standard InChI is InChI=1S/C12H20ClN3/c1-9-6-4-5-7-16(9)12-11(8-13)10(2)14-15(12)3/h9H,4-8H2,1-3H3. The maximum atomic E-state index is 6.04. The van der Waals surface area contributed by atoms with Crippen molar-refractivity contribution >= 4 is 17.4 Å². The summed E-state index contributed by atoms with van der Waals surface area (Å²) in [7, 11) is 2.01. The van der Waals surface area contributed by atoms with Crippen LogP contribution in [0, 0.1) is 6.92 Å². The first-order valence-electron chi connectivity index (χ1n) is 6.00. The van der Waals surface area contributed by atoms with Gasteiger partial charge in [0.2, 0.25) is 0 Å². The Hall–Kier alpha value is -0.700. The Morgan fingerprint density at radius 2 is 2.19 bits per heavy atom. The van der Waals surface area contributed by atoms with Crippen LogP contribution in [0.25, 0.3) is 0 Å². The highest BCUT2D eigenvalue weighted by Gasteiger charge is 2.24. The van der Waals surface area contributed by atoms with Gasteiger partial charge in [0.1, 0.15) is 5.82 Å². The van der Waals surface area contributed by atoms with Gasteiger partial charge in [0.25, 0.3) is 0 Å². The number of aryl methyl sites for hydroxylation is 2. The Bertz CT molecular complexity index is 373. The maximum absolute atomic E-state index is 6.04. The summed E-state index contributed by atoms with van der Waals surface area (Å²) in [5.41, 5.74) is 2.25. The molecule has 0 saturated carbocycles. The number of aromatic nitrogens is 2. The van der Waals surface area contributed by atoms with Gasteiger partial charge in [-0.15, -0.1) is 11.6 Å². The van der Waals surface area contributed by atoms with Crippen LogP contribution in [0.3, 0.4) is 0 Å². The molecule has 0 aliphatic carbocycles. The van der Waals surface area contributed by atoms with Crippen LogP contribution in [0.5, 0.6) is 0 Å². The molecule has 16 heavy (non-hydrogen) atoms. The highest BCUT2D eigenvalue weighted by Crippen LogP contribution is 2.30. The predicted octanol–water partition coefficient (Wildman–Crippen LogP) is 2.85. The number of anilines is 1. The molecule has 0 bridgehead atoms. The van der Waals surface area contributed by atoms with E-state index in [1.165, 1.54) is 30.6 Å². The fourth-order valence-electron chi connectivity index (χ4n) is 2.62. The Labute approximate surface area is 102 Å². The molecule has 1 aromatic rings. The summed E-state index contributed by atoms with van der Waals surface area (Å²) in [4.78, 5) is 2.46. The lowest BCUT2D eigenvalue weighted by Crippen LogP contribution is -2.39. The molecular weight excluding hydrogens is 222 g/mol. The van der Waals surface area contributed by atoms with Crippen LogP contribution < -0.4 is 4.90 Å². The lowest BCUT2D eigenvalue weighted by molar-refractivity contribution is 0.473. The van der Waals surface area contributed by atoms with Crippen molar-refractivity contribution in [1.29, 1.82) is 0 Å². The van der Waals surface area contributed by atoms with Crippen LogP contribution in [0.4, 0.5) is 5.82 Å². The third kappa shape index (κ3) is 1.93. The topological polar surface area (TPSA) is 21.1 Å². The van der Waals surface area contributed by atoms with E-state index in [4.69, 9.17) is 11.6 Å². The van der Waals surface area contributed by atoms with Crippen molar-refractivity contribution in [2.45, 2.75) is 45.0 Å². The summed E-state index contributed by atoms with van der Waals surface area (Å²) in [5.74, 6) is 1.78. The maximum Gasteiger partial charge on any atom is 0.131 e. The minimum atomic E-state index is 0.554. The van der Waals surface area contributed by atoms with Crippen LogP contribution >= 0.6 is 11.6 Å². The fraction of sp³-hybridized carbons (Fsp3) is 0.750. The zero-order chi connectivity index (χ0) is 11.7. The van der Waals surface area contributed by atoms with Crippen LogP contribution in [-0.2, 0) is 12.9 Å². The van der Waals surface area contributed by atoms with Crippen molar-refractivity contribution < 1.29 is 0 Å². The van der Waals surface area contributed by atoms with Gasteiger partial charge >= 0.3 is 0 Å². The zero-order valence-electron chi connectivity index (χ0n) is 10.3. The SMILES string of the molecule is Cc1nn(C)c(N2CCCCC2C)c1CCl. The van der Waals surface area contributed by atoms with Gasteiger partial charge in [0, 0.05) is 25.2 Å². The number of hydrogen-bond donors (Lipinski definition) is 0. The lowest BCUT2D eigenvalue weighted by Gasteiger charge is -2.35. The van der Waals surface area contributed by atoms with E-state index in [0.717, 1.165) is 12.2 Å². The molecule has 1 unspecified atom stereocenters. The first kappa shape index (κ1) is 11.8. The second-order valence-corrected chi connectivity index (χ2v) is 4.95. The van der Waals surface area contributed by atoms with E-state index in [2.05, 4.69) is 16.9 Å². The van der Waals surface area contributed by atoms with E-state index in [1.807, 2.05) is 18.7 Å². The molecule has 0 radical (unpaired) electrons. The van der Waals surface area contributed by atoms with Crippen molar-refractivity contribution in [3.05, 3.63) is 11.3 Å². The number of nitrogens with zero attached hydrogens (tertiary/aromatic N) is 3. The normalized spacial score (nSPS) is 21.5. The van der Waals surface area contributed by atoms with Gasteiger partial charge in [-0.3, -0.25) is 4.68 Å². The summed E-state index contributed by atoms with van der Waals surface area (Å²) in [5, 5.41) is 4.48. The Morgan fingerprint density at radius 1 is 1.44 bits per heavy atom. The van der Waals surface area contributed by atoms with Crippen molar-refractivity contribution in [2.75, 3.05) is 11.4 Å². The second-order valence-electron chi connectivity index (χ2n) is 4.68. The third-order valence-corrected chi connectivity index (χ3v) is 3.79. The van der Waals surface area contributed by atoms with Crippen molar-refractivity contribution in [3.63, 3.8) is 0 Å². The largest absolute Gasteiger partial charge is 0.354 e. The quantitative estimate of drug-likeness (QED) is 0.743. The van der Waals surface area contributed by atoms with Crippen molar-refractivity contribution in [2.24, 2.45) is 7.05 Å². The molecule has 1 atom stereocenters. The Balaban J connectivity index is 2.37. The number of alkyl halides is 1. The molecule has 1 fully saturated rings. The van der Waals surface area contributed by atoms with Crippen LogP contribution in [0.15, 0.2) is 0 Å². The van der Waals surface area contributed by atoms with Crippen molar-refractivity contribution in [1.82, 2.24) is 9.78 Å². The van der Waals surface area contributed by atoms with E-state index < -0.39 is 0 Å². The number of rotatable bonds is 2. The zero-order valence-corrected chi connectivity index (χ0v) is 11.1. The molecular formula is C12H20ClN3. The average Bonchev–Trinajstić information content (AvgIpc) is 2.54. The Kier molecular flexibility index (Phi) is 3.43. The smallest absolute Gasteiger partial charge is 0.131 e. The van der Waals surface area contributed by atoms with Gasteiger partial charge in [-0.25, -0.2) is 0 Å². The first-order valence-corrected chi connectivity index (χ1v) is 6.53. The molecule has 1 aromatic heterocycles. The molecule has 3 nitrogen and oxygen atoms in total. The molecule has 0 spiro atoms. The minimum Gasteiger partial charge on any atom is -0.354 e. The van der Waals surface area contributed by atoms with Gasteiger partial charge in [0.15, 0.2) is 0 Å². The van der Waals surface area contributed by atoms with E-state index >= 15 is 0 Å². The van der Waals surface area contributed by atoms with Gasteiger partial charge in [-0.05, 0) is 33.1 Å². The van der Waals surface area contributed by atoms with Gasteiger partial charge in [-0.1, -0.05) is 0 Å². The number of piperidine rings is 1. The molecule has 0 N–H and O–H groups in total. The molecule has 0 amide bonds. The fourth-order valence-corrected chi connectivity index (χ4v) is 2.93. The van der Waals surface area contributed by atoms with Gasteiger partial charge < -0.3 is 4.90 Å². The Morgan fingerprint density at radius 3 is 2.81 bits per heavy atom. The van der Waals surface area contributed by atoms with Gasteiger partial charge in [-0.2, -0.15) is 5.10 Å². The molecule has 2 rings (SSSR count). The molecule has 0 aromatic carbocycles. The average molecular weight is 242 g/mol. The van der Waals surface area contributed by atoms with E-state index in [-0.39, 0.29) is 0 Å². The highest BCUT2D eigenvalue weighted by atomic mass is 35.5. The second kappa shape index (κ2) is 4.66. The first-order chi connectivity index (χ1) is 7.65. The monoisotopic (exact) mass is 241 g/mol. The van der Waals surface area contributed by atoms with E-state index in [0.29, 0.717) is 11.9 Å². The minimum absolute atomic E-state index is 0.554. The molecule has 90 valence electrons. The molecule has 2 heterocycles. The summed E-state index contributed by atoms with van der Waals surface area (Å²) < 4.78 is 1.98. The lowest BCUT2D eigenvalue weighted by atomic mass is 10.0. The summed E-state index contributed by atoms with van der Waals surface area (Å²) >= 11 is 6.04.